The number of carbonyl (C=O) groups excluding carboxylic acids is 2. The van der Waals surface area contributed by atoms with Crippen LogP contribution in [0.4, 0.5) is 16.2 Å². The van der Waals surface area contributed by atoms with Gasteiger partial charge in [-0.1, -0.05) is 0 Å². The second-order valence-electron chi connectivity index (χ2n) is 4.84. The van der Waals surface area contributed by atoms with Gasteiger partial charge in [-0.15, -0.1) is 0 Å². The first kappa shape index (κ1) is 14.2. The van der Waals surface area contributed by atoms with E-state index < -0.39 is 0 Å². The number of carbonyl (C=O) groups is 2. The van der Waals surface area contributed by atoms with Crippen molar-refractivity contribution in [2.24, 2.45) is 5.92 Å². The minimum atomic E-state index is -0.191. The minimum Gasteiger partial charge on any atom is -0.469 e. The number of methoxy groups -OCH3 is 1. The zero-order chi connectivity index (χ0) is 14.5. The van der Waals surface area contributed by atoms with E-state index in [1.165, 1.54) is 7.11 Å². The predicted molar refractivity (Wildman–Crippen MR) is 76.2 cm³/mol. The highest BCUT2D eigenvalue weighted by Crippen LogP contribution is 2.19. The van der Waals surface area contributed by atoms with Gasteiger partial charge in [0.1, 0.15) is 0 Å². The molecule has 0 saturated carbocycles. The molecule has 0 bridgehead atoms. The summed E-state index contributed by atoms with van der Waals surface area (Å²) in [7, 11) is 1.39. The largest absolute Gasteiger partial charge is 0.469 e. The van der Waals surface area contributed by atoms with Gasteiger partial charge in [0.05, 0.1) is 13.0 Å². The molecule has 1 saturated heterocycles. The number of hydrogen-bond acceptors (Lipinski definition) is 4. The molecule has 1 aromatic rings. The summed E-state index contributed by atoms with van der Waals surface area (Å²) in [4.78, 5) is 25.2. The highest BCUT2D eigenvalue weighted by Gasteiger charge is 2.27. The average molecular weight is 277 g/mol. The highest BCUT2D eigenvalue weighted by molar-refractivity contribution is 5.89. The Hall–Kier alpha value is -2.24. The van der Waals surface area contributed by atoms with Gasteiger partial charge < -0.3 is 20.7 Å². The molecule has 3 N–H and O–H groups in total. The lowest BCUT2D eigenvalue weighted by Crippen LogP contribution is -2.42. The highest BCUT2D eigenvalue weighted by atomic mass is 16.5. The smallest absolute Gasteiger partial charge is 0.321 e. The quantitative estimate of drug-likeness (QED) is 0.636. The standard InChI is InChI=1S/C14H19N3O3/c1-20-13(18)10-6-8-17(9-7-10)14(19)16-12-4-2-11(15)3-5-12/h2-5,10H,6-9,15H2,1H3,(H,16,19). The molecule has 0 atom stereocenters. The third-order valence-corrected chi connectivity index (χ3v) is 3.48. The number of piperidine rings is 1. The van der Waals surface area contributed by atoms with Crippen LogP contribution in [0.15, 0.2) is 24.3 Å². The van der Waals surface area contributed by atoms with Crippen LogP contribution in [0.1, 0.15) is 12.8 Å². The molecule has 2 amide bonds. The summed E-state index contributed by atoms with van der Waals surface area (Å²) >= 11 is 0. The molecule has 1 aliphatic heterocycles. The van der Waals surface area contributed by atoms with E-state index >= 15 is 0 Å². The van der Waals surface area contributed by atoms with Crippen molar-refractivity contribution >= 4 is 23.4 Å². The lowest BCUT2D eigenvalue weighted by Gasteiger charge is -2.30. The molecular formula is C14H19N3O3. The number of benzene rings is 1. The number of likely N-dealkylation sites (tertiary alicyclic amines) is 1. The van der Waals surface area contributed by atoms with Crippen molar-refractivity contribution in [1.82, 2.24) is 4.90 Å². The van der Waals surface area contributed by atoms with Crippen LogP contribution in [0.2, 0.25) is 0 Å². The Morgan fingerprint density at radius 3 is 2.40 bits per heavy atom. The van der Waals surface area contributed by atoms with Crippen LogP contribution in [0.3, 0.4) is 0 Å². The number of urea groups is 1. The predicted octanol–water partition coefficient (Wildman–Crippen LogP) is 1.69. The summed E-state index contributed by atoms with van der Waals surface area (Å²) in [5.41, 5.74) is 6.95. The number of nitrogen functional groups attached to an aromatic ring is 1. The summed E-state index contributed by atoms with van der Waals surface area (Å²) in [6.07, 6.45) is 1.28. The molecule has 1 heterocycles. The zero-order valence-electron chi connectivity index (χ0n) is 11.5. The lowest BCUT2D eigenvalue weighted by molar-refractivity contribution is -0.146. The number of ether oxygens (including phenoxy) is 1. The van der Waals surface area contributed by atoms with Gasteiger partial charge in [-0.05, 0) is 37.1 Å². The second-order valence-corrected chi connectivity index (χ2v) is 4.84. The fourth-order valence-corrected chi connectivity index (χ4v) is 2.25. The van der Waals surface area contributed by atoms with Crippen molar-refractivity contribution in [3.05, 3.63) is 24.3 Å². The van der Waals surface area contributed by atoms with Gasteiger partial charge in [-0.25, -0.2) is 4.79 Å². The van der Waals surface area contributed by atoms with E-state index in [1.807, 2.05) is 0 Å². The van der Waals surface area contributed by atoms with Crippen LogP contribution >= 0.6 is 0 Å². The molecule has 0 aromatic heterocycles. The van der Waals surface area contributed by atoms with Gasteiger partial charge >= 0.3 is 12.0 Å². The number of rotatable bonds is 2. The summed E-state index contributed by atoms with van der Waals surface area (Å²) in [6, 6.07) is 6.83. The Balaban J connectivity index is 1.85. The van der Waals surface area contributed by atoms with Gasteiger partial charge in [0.15, 0.2) is 0 Å². The van der Waals surface area contributed by atoms with Crippen LogP contribution in [-0.4, -0.2) is 37.1 Å². The fourth-order valence-electron chi connectivity index (χ4n) is 2.25. The van der Waals surface area contributed by atoms with Crippen LogP contribution in [-0.2, 0) is 9.53 Å². The minimum absolute atomic E-state index is 0.0967. The molecule has 1 aliphatic rings. The van der Waals surface area contributed by atoms with Crippen LogP contribution < -0.4 is 11.1 Å². The Bertz CT molecular complexity index is 479. The number of amides is 2. The third kappa shape index (κ3) is 3.40. The first-order chi connectivity index (χ1) is 9.60. The Labute approximate surface area is 117 Å². The topological polar surface area (TPSA) is 84.7 Å². The van der Waals surface area contributed by atoms with Crippen molar-refractivity contribution in [1.29, 1.82) is 0 Å². The van der Waals surface area contributed by atoms with E-state index in [0.717, 1.165) is 0 Å². The molecule has 20 heavy (non-hydrogen) atoms. The van der Waals surface area contributed by atoms with E-state index in [4.69, 9.17) is 10.5 Å². The van der Waals surface area contributed by atoms with Gasteiger partial charge in [-0.2, -0.15) is 0 Å². The van der Waals surface area contributed by atoms with Crippen LogP contribution in [0, 0.1) is 5.92 Å². The Morgan fingerprint density at radius 1 is 1.25 bits per heavy atom. The van der Waals surface area contributed by atoms with Gasteiger partial charge in [0, 0.05) is 24.5 Å². The van der Waals surface area contributed by atoms with Crippen molar-refractivity contribution in [2.75, 3.05) is 31.2 Å². The van der Waals surface area contributed by atoms with E-state index in [0.29, 0.717) is 37.3 Å². The number of nitrogens with two attached hydrogens (primary N) is 1. The molecule has 0 spiro atoms. The van der Waals surface area contributed by atoms with Crippen molar-refractivity contribution in [3.63, 3.8) is 0 Å². The molecule has 1 aromatic carbocycles. The summed E-state index contributed by atoms with van der Waals surface area (Å²) in [5.74, 6) is -0.288. The van der Waals surface area contributed by atoms with Gasteiger partial charge in [0.25, 0.3) is 0 Å². The van der Waals surface area contributed by atoms with Crippen molar-refractivity contribution in [3.8, 4) is 0 Å². The normalized spacial score (nSPS) is 15.8. The molecule has 0 aliphatic carbocycles. The average Bonchev–Trinajstić information content (AvgIpc) is 2.49. The lowest BCUT2D eigenvalue weighted by atomic mass is 9.97. The number of hydrogen-bond donors (Lipinski definition) is 2. The van der Waals surface area contributed by atoms with Gasteiger partial charge in [0.2, 0.25) is 0 Å². The van der Waals surface area contributed by atoms with Gasteiger partial charge in [-0.3, -0.25) is 4.79 Å². The number of anilines is 2. The number of nitrogens with one attached hydrogen (secondary N) is 1. The molecular weight excluding hydrogens is 258 g/mol. The van der Waals surface area contributed by atoms with E-state index in [9.17, 15) is 9.59 Å². The fraction of sp³-hybridized carbons (Fsp3) is 0.429. The summed E-state index contributed by atoms with van der Waals surface area (Å²) in [6.45, 7) is 1.11. The molecule has 108 valence electrons. The van der Waals surface area contributed by atoms with Crippen molar-refractivity contribution in [2.45, 2.75) is 12.8 Å². The van der Waals surface area contributed by atoms with E-state index in [-0.39, 0.29) is 17.9 Å². The molecule has 1 fully saturated rings. The van der Waals surface area contributed by atoms with Crippen molar-refractivity contribution < 1.29 is 14.3 Å². The molecule has 2 rings (SSSR count). The molecule has 6 nitrogen and oxygen atoms in total. The first-order valence-corrected chi connectivity index (χ1v) is 6.59. The molecule has 6 heteroatoms. The van der Waals surface area contributed by atoms with E-state index in [2.05, 4.69) is 5.32 Å². The Morgan fingerprint density at radius 2 is 1.85 bits per heavy atom. The van der Waals surface area contributed by atoms with Crippen LogP contribution in [0.5, 0.6) is 0 Å². The van der Waals surface area contributed by atoms with E-state index in [1.54, 1.807) is 29.2 Å². The first-order valence-electron chi connectivity index (χ1n) is 6.59. The second kappa shape index (κ2) is 6.27. The maximum absolute atomic E-state index is 12.1. The maximum Gasteiger partial charge on any atom is 0.321 e. The SMILES string of the molecule is COC(=O)C1CCN(C(=O)Nc2ccc(N)cc2)CC1. The van der Waals surface area contributed by atoms with Crippen LogP contribution in [0.25, 0.3) is 0 Å². The molecule has 0 unspecified atom stereocenters. The maximum atomic E-state index is 12.1. The molecule has 0 radical (unpaired) electrons. The Kier molecular flexibility index (Phi) is 4.45. The monoisotopic (exact) mass is 277 g/mol. The summed E-state index contributed by atoms with van der Waals surface area (Å²) in [5, 5.41) is 2.81. The number of esters is 1. The summed E-state index contributed by atoms with van der Waals surface area (Å²) < 4.78 is 4.72. The zero-order valence-corrected chi connectivity index (χ0v) is 11.5. The number of nitrogens with zero attached hydrogens (tertiary/aromatic N) is 1. The third-order valence-electron chi connectivity index (χ3n) is 3.48.